The number of Topliss-reactive ketones (excluding diaryl/α,β-unsaturated/α-hetero) is 1. The molecule has 0 spiro atoms. The van der Waals surface area contributed by atoms with Gasteiger partial charge in [0.25, 0.3) is 0 Å². The van der Waals surface area contributed by atoms with Crippen molar-refractivity contribution in [3.8, 4) is 0 Å². The van der Waals surface area contributed by atoms with Crippen LogP contribution < -0.4 is 0 Å². The van der Waals surface area contributed by atoms with Crippen molar-refractivity contribution in [1.29, 1.82) is 0 Å². The van der Waals surface area contributed by atoms with Gasteiger partial charge >= 0.3 is 0 Å². The minimum Gasteiger partial charge on any atom is -0.300 e. The van der Waals surface area contributed by atoms with Crippen LogP contribution in [0.15, 0.2) is 18.2 Å². The van der Waals surface area contributed by atoms with Gasteiger partial charge in [0.05, 0.1) is 0 Å². The van der Waals surface area contributed by atoms with E-state index in [0.717, 1.165) is 31.7 Å². The molecule has 0 bridgehead atoms. The Morgan fingerprint density at radius 2 is 2.00 bits per heavy atom. The van der Waals surface area contributed by atoms with Crippen molar-refractivity contribution in [2.24, 2.45) is 5.92 Å². The van der Waals surface area contributed by atoms with Crippen molar-refractivity contribution < 1.29 is 13.6 Å². The molecule has 19 heavy (non-hydrogen) atoms. The normalized spacial score (nSPS) is 12.4. The molecule has 0 aliphatic rings. The van der Waals surface area contributed by atoms with Gasteiger partial charge in [-0.25, -0.2) is 8.78 Å². The molecule has 1 atom stereocenters. The Bertz CT molecular complexity index is 415. The predicted octanol–water partition coefficient (Wildman–Crippen LogP) is 4.68. The van der Waals surface area contributed by atoms with E-state index >= 15 is 0 Å². The lowest BCUT2D eigenvalue weighted by Gasteiger charge is -2.14. The minimum absolute atomic E-state index is 0.214. The number of hydrogen-bond acceptors (Lipinski definition) is 1. The molecule has 106 valence electrons. The average molecular weight is 268 g/mol. The summed E-state index contributed by atoms with van der Waals surface area (Å²) in [6, 6.07) is 4.33. The van der Waals surface area contributed by atoms with Gasteiger partial charge in [-0.2, -0.15) is 0 Å². The highest BCUT2D eigenvalue weighted by molar-refractivity contribution is 5.75. The van der Waals surface area contributed by atoms with Crippen molar-refractivity contribution in [3.05, 3.63) is 35.4 Å². The SMILES string of the molecule is CCC(CCCC(C)=O)CCc1cccc(F)c1F. The summed E-state index contributed by atoms with van der Waals surface area (Å²) in [6.45, 7) is 3.70. The molecular formula is C16H22F2O. The highest BCUT2D eigenvalue weighted by Gasteiger charge is 2.11. The van der Waals surface area contributed by atoms with Crippen molar-refractivity contribution in [1.82, 2.24) is 0 Å². The van der Waals surface area contributed by atoms with E-state index in [1.807, 2.05) is 0 Å². The highest BCUT2D eigenvalue weighted by atomic mass is 19.2. The number of aryl methyl sites for hydroxylation is 1. The fourth-order valence-corrected chi connectivity index (χ4v) is 2.29. The third kappa shape index (κ3) is 5.50. The second-order valence-electron chi connectivity index (χ2n) is 5.12. The van der Waals surface area contributed by atoms with E-state index in [1.165, 1.54) is 0 Å². The molecule has 0 fully saturated rings. The largest absolute Gasteiger partial charge is 0.300 e. The topological polar surface area (TPSA) is 17.1 Å². The number of benzene rings is 1. The zero-order chi connectivity index (χ0) is 14.3. The zero-order valence-electron chi connectivity index (χ0n) is 11.7. The van der Waals surface area contributed by atoms with Gasteiger partial charge in [-0.15, -0.1) is 0 Å². The molecule has 0 saturated carbocycles. The third-order valence-electron chi connectivity index (χ3n) is 3.57. The van der Waals surface area contributed by atoms with E-state index < -0.39 is 11.6 Å². The molecule has 0 amide bonds. The van der Waals surface area contributed by atoms with Gasteiger partial charge in [-0.1, -0.05) is 31.9 Å². The quantitative estimate of drug-likeness (QED) is 0.669. The molecule has 0 aliphatic heterocycles. The van der Waals surface area contributed by atoms with Crippen LogP contribution in [0.5, 0.6) is 0 Å². The Morgan fingerprint density at radius 1 is 1.26 bits per heavy atom. The van der Waals surface area contributed by atoms with E-state index in [9.17, 15) is 13.6 Å². The van der Waals surface area contributed by atoms with Crippen LogP contribution in [0.3, 0.4) is 0 Å². The van der Waals surface area contributed by atoms with E-state index in [2.05, 4.69) is 6.92 Å². The second-order valence-corrected chi connectivity index (χ2v) is 5.12. The van der Waals surface area contributed by atoms with Gasteiger partial charge in [0, 0.05) is 6.42 Å². The minimum atomic E-state index is -0.776. The molecule has 0 aromatic heterocycles. The average Bonchev–Trinajstić information content (AvgIpc) is 2.37. The summed E-state index contributed by atoms with van der Waals surface area (Å²) in [6.07, 6.45) is 4.89. The smallest absolute Gasteiger partial charge is 0.162 e. The maximum Gasteiger partial charge on any atom is 0.162 e. The molecule has 0 radical (unpaired) electrons. The molecule has 1 aromatic rings. The Morgan fingerprint density at radius 3 is 2.63 bits per heavy atom. The lowest BCUT2D eigenvalue weighted by Crippen LogP contribution is -2.04. The Kier molecular flexibility index (Phi) is 6.68. The molecule has 1 aromatic carbocycles. The van der Waals surface area contributed by atoms with Crippen molar-refractivity contribution in [2.75, 3.05) is 0 Å². The lowest BCUT2D eigenvalue weighted by molar-refractivity contribution is -0.117. The molecule has 1 rings (SSSR count). The van der Waals surface area contributed by atoms with Crippen LogP contribution in [-0.2, 0) is 11.2 Å². The predicted molar refractivity (Wildman–Crippen MR) is 73.0 cm³/mol. The van der Waals surface area contributed by atoms with Crippen molar-refractivity contribution >= 4 is 5.78 Å². The molecule has 0 N–H and O–H groups in total. The van der Waals surface area contributed by atoms with Gasteiger partial charge in [-0.3, -0.25) is 0 Å². The van der Waals surface area contributed by atoms with Crippen LogP contribution in [0.25, 0.3) is 0 Å². The number of carbonyl (C=O) groups excluding carboxylic acids is 1. The summed E-state index contributed by atoms with van der Waals surface area (Å²) in [5.74, 6) is -0.809. The van der Waals surface area contributed by atoms with Crippen molar-refractivity contribution in [2.45, 2.75) is 52.4 Å². The number of rotatable bonds is 8. The molecule has 0 heterocycles. The van der Waals surface area contributed by atoms with Crippen molar-refractivity contribution in [3.63, 3.8) is 0 Å². The Labute approximate surface area is 114 Å². The molecule has 0 aliphatic carbocycles. The molecule has 1 unspecified atom stereocenters. The van der Waals surface area contributed by atoms with Gasteiger partial charge in [0.1, 0.15) is 5.78 Å². The fourth-order valence-electron chi connectivity index (χ4n) is 2.29. The summed E-state index contributed by atoms with van der Waals surface area (Å²) in [5.41, 5.74) is 0.449. The number of ketones is 1. The van der Waals surface area contributed by atoms with Crippen LogP contribution in [0.2, 0.25) is 0 Å². The van der Waals surface area contributed by atoms with Crippen LogP contribution in [-0.4, -0.2) is 5.78 Å². The summed E-state index contributed by atoms with van der Waals surface area (Å²) in [7, 11) is 0. The first-order valence-electron chi connectivity index (χ1n) is 6.97. The first-order chi connectivity index (χ1) is 9.04. The number of hydrogen-bond donors (Lipinski definition) is 0. The Balaban J connectivity index is 2.44. The first kappa shape index (κ1) is 15.8. The third-order valence-corrected chi connectivity index (χ3v) is 3.57. The molecule has 3 heteroatoms. The second kappa shape index (κ2) is 8.03. The number of carbonyl (C=O) groups is 1. The maximum atomic E-state index is 13.5. The van der Waals surface area contributed by atoms with Gasteiger partial charge in [-0.05, 0) is 43.7 Å². The van der Waals surface area contributed by atoms with Gasteiger partial charge < -0.3 is 4.79 Å². The standard InChI is InChI=1S/C16H22F2O/c1-3-13(7-4-6-12(2)19)10-11-14-8-5-9-15(17)16(14)18/h5,8-9,13H,3-4,6-7,10-11H2,1-2H3. The first-order valence-corrected chi connectivity index (χ1v) is 6.97. The van der Waals surface area contributed by atoms with E-state index in [0.29, 0.717) is 24.3 Å². The van der Waals surface area contributed by atoms with Crippen LogP contribution in [0.1, 0.15) is 51.5 Å². The summed E-state index contributed by atoms with van der Waals surface area (Å²) in [5, 5.41) is 0. The van der Waals surface area contributed by atoms with Gasteiger partial charge in [0.15, 0.2) is 11.6 Å². The lowest BCUT2D eigenvalue weighted by atomic mass is 9.92. The number of halogens is 2. The van der Waals surface area contributed by atoms with Gasteiger partial charge in [0.2, 0.25) is 0 Å². The highest BCUT2D eigenvalue weighted by Crippen LogP contribution is 2.21. The molecule has 1 nitrogen and oxygen atoms in total. The fraction of sp³-hybridized carbons (Fsp3) is 0.562. The Hall–Kier alpha value is -1.25. The zero-order valence-corrected chi connectivity index (χ0v) is 11.7. The van der Waals surface area contributed by atoms with Crippen LogP contribution in [0.4, 0.5) is 8.78 Å². The van der Waals surface area contributed by atoms with Crippen LogP contribution in [0, 0.1) is 17.6 Å². The van der Waals surface area contributed by atoms with Crippen LogP contribution >= 0.6 is 0 Å². The summed E-state index contributed by atoms with van der Waals surface area (Å²) >= 11 is 0. The van der Waals surface area contributed by atoms with E-state index in [-0.39, 0.29) is 5.78 Å². The maximum absolute atomic E-state index is 13.5. The van der Waals surface area contributed by atoms with E-state index in [4.69, 9.17) is 0 Å². The van der Waals surface area contributed by atoms with E-state index in [1.54, 1.807) is 19.1 Å². The molecular weight excluding hydrogens is 246 g/mol. The summed E-state index contributed by atoms with van der Waals surface area (Å²) in [4.78, 5) is 10.9. The monoisotopic (exact) mass is 268 g/mol. The molecule has 0 saturated heterocycles. The summed E-state index contributed by atoms with van der Waals surface area (Å²) < 4.78 is 26.6.